The molecule has 3 rings (SSSR count). The van der Waals surface area contributed by atoms with E-state index in [1.165, 1.54) is 13.3 Å². The Morgan fingerprint density at radius 3 is 2.64 bits per heavy atom. The van der Waals surface area contributed by atoms with Gasteiger partial charge in [-0.3, -0.25) is 14.6 Å². The second-order valence-electron chi connectivity index (χ2n) is 6.40. The van der Waals surface area contributed by atoms with Crippen LogP contribution in [-0.2, 0) is 11.3 Å². The summed E-state index contributed by atoms with van der Waals surface area (Å²) in [5, 5.41) is 5.80. The normalized spacial score (nSPS) is 10.5. The first-order valence-electron chi connectivity index (χ1n) is 8.86. The topological polar surface area (TPSA) is 96.9 Å². The number of pyridine rings is 1. The molecule has 28 heavy (non-hydrogen) atoms. The smallest absolute Gasteiger partial charge is 0.238 e. The van der Waals surface area contributed by atoms with Crippen molar-refractivity contribution in [1.82, 2.24) is 20.3 Å². The van der Waals surface area contributed by atoms with Crippen LogP contribution in [0.3, 0.4) is 0 Å². The first-order chi connectivity index (χ1) is 13.5. The van der Waals surface area contributed by atoms with E-state index in [0.717, 1.165) is 22.4 Å². The minimum absolute atomic E-state index is 0.0794. The lowest BCUT2D eigenvalue weighted by Crippen LogP contribution is -2.28. The van der Waals surface area contributed by atoms with Crippen LogP contribution in [0.5, 0.6) is 0 Å². The van der Waals surface area contributed by atoms with Gasteiger partial charge >= 0.3 is 0 Å². The van der Waals surface area contributed by atoms with E-state index in [0.29, 0.717) is 12.2 Å². The summed E-state index contributed by atoms with van der Waals surface area (Å²) in [6.45, 7) is 3.96. The van der Waals surface area contributed by atoms with E-state index >= 15 is 0 Å². The Balaban J connectivity index is 1.72. The maximum atomic E-state index is 12.3. The lowest BCUT2D eigenvalue weighted by atomic mass is 10.0. The summed E-state index contributed by atoms with van der Waals surface area (Å²) in [7, 11) is 0. The number of aryl methyl sites for hydroxylation is 1. The van der Waals surface area contributed by atoms with Crippen molar-refractivity contribution in [3.8, 4) is 11.1 Å². The zero-order valence-corrected chi connectivity index (χ0v) is 15.8. The fourth-order valence-corrected chi connectivity index (χ4v) is 2.74. The number of nitrogens with one attached hydrogen (secondary N) is 2. The Labute approximate surface area is 163 Å². The largest absolute Gasteiger partial charge is 0.323 e. The number of nitrogens with zero attached hydrogens (tertiary/aromatic N) is 3. The Morgan fingerprint density at radius 1 is 1.07 bits per heavy atom. The fraction of sp³-hybridized carbons (Fsp3) is 0.190. The summed E-state index contributed by atoms with van der Waals surface area (Å²) in [4.78, 5) is 36.4. The Bertz CT molecular complexity index is 989. The van der Waals surface area contributed by atoms with Crippen LogP contribution < -0.4 is 10.6 Å². The predicted octanol–water partition coefficient (Wildman–Crippen LogP) is 2.78. The molecule has 2 heterocycles. The molecule has 0 atom stereocenters. The van der Waals surface area contributed by atoms with Gasteiger partial charge in [-0.1, -0.05) is 29.8 Å². The SMILES string of the molecule is CC(=O)c1ncc(-c2cccc(C)c2)cc1NC(=O)CNCc1ccncn1. The van der Waals surface area contributed by atoms with Gasteiger partial charge in [0, 0.05) is 31.4 Å². The summed E-state index contributed by atoms with van der Waals surface area (Å²) < 4.78 is 0. The number of carbonyl (C=O) groups excluding carboxylic acids is 2. The van der Waals surface area contributed by atoms with Gasteiger partial charge in [-0.2, -0.15) is 0 Å². The molecule has 0 bridgehead atoms. The summed E-state index contributed by atoms with van der Waals surface area (Å²) in [6, 6.07) is 11.5. The molecule has 1 aromatic carbocycles. The number of rotatable bonds is 7. The van der Waals surface area contributed by atoms with Crippen LogP contribution in [0.25, 0.3) is 11.1 Å². The highest BCUT2D eigenvalue weighted by atomic mass is 16.2. The number of carbonyl (C=O) groups is 2. The number of Topliss-reactive ketones (excluding diaryl/α,β-unsaturated/α-hetero) is 1. The van der Waals surface area contributed by atoms with Gasteiger partial charge in [0.1, 0.15) is 12.0 Å². The zero-order valence-electron chi connectivity index (χ0n) is 15.8. The number of hydrogen-bond acceptors (Lipinski definition) is 6. The minimum Gasteiger partial charge on any atom is -0.323 e. The first kappa shape index (κ1) is 19.3. The third kappa shape index (κ3) is 5.05. The van der Waals surface area contributed by atoms with Gasteiger partial charge < -0.3 is 10.6 Å². The molecule has 0 fully saturated rings. The lowest BCUT2D eigenvalue weighted by Gasteiger charge is -2.12. The van der Waals surface area contributed by atoms with Crippen LogP contribution in [0.2, 0.25) is 0 Å². The van der Waals surface area contributed by atoms with Crippen molar-refractivity contribution in [2.24, 2.45) is 0 Å². The van der Waals surface area contributed by atoms with Crippen molar-refractivity contribution in [2.75, 3.05) is 11.9 Å². The van der Waals surface area contributed by atoms with E-state index in [9.17, 15) is 9.59 Å². The lowest BCUT2D eigenvalue weighted by molar-refractivity contribution is -0.115. The molecular weight excluding hydrogens is 354 g/mol. The van der Waals surface area contributed by atoms with Crippen LogP contribution in [0, 0.1) is 6.92 Å². The van der Waals surface area contributed by atoms with Gasteiger partial charge in [-0.15, -0.1) is 0 Å². The van der Waals surface area contributed by atoms with Crippen molar-refractivity contribution in [2.45, 2.75) is 20.4 Å². The van der Waals surface area contributed by atoms with Gasteiger partial charge in [-0.25, -0.2) is 9.97 Å². The molecule has 0 aliphatic rings. The molecule has 7 heteroatoms. The van der Waals surface area contributed by atoms with Gasteiger partial charge in [0.2, 0.25) is 5.91 Å². The number of anilines is 1. The predicted molar refractivity (Wildman–Crippen MR) is 107 cm³/mol. The summed E-state index contributed by atoms with van der Waals surface area (Å²) in [6.07, 6.45) is 4.75. The van der Waals surface area contributed by atoms with Gasteiger partial charge in [0.15, 0.2) is 5.78 Å². The third-order valence-corrected chi connectivity index (χ3v) is 4.08. The molecular formula is C21H21N5O2. The first-order valence-corrected chi connectivity index (χ1v) is 8.86. The average Bonchev–Trinajstić information content (AvgIpc) is 2.68. The molecule has 0 spiro atoms. The second-order valence-corrected chi connectivity index (χ2v) is 6.40. The van der Waals surface area contributed by atoms with E-state index in [4.69, 9.17) is 0 Å². The standard InChI is InChI=1S/C21H21N5O2/c1-14-4-3-5-16(8-14)17-9-19(21(15(2)27)24-10-17)26-20(28)12-23-11-18-6-7-22-13-25-18/h3-10,13,23H,11-12H2,1-2H3,(H,26,28). The van der Waals surface area contributed by atoms with E-state index in [2.05, 4.69) is 25.6 Å². The molecule has 1 amide bonds. The molecule has 0 aliphatic heterocycles. The van der Waals surface area contributed by atoms with Crippen LogP contribution >= 0.6 is 0 Å². The molecule has 0 unspecified atom stereocenters. The molecule has 7 nitrogen and oxygen atoms in total. The Morgan fingerprint density at radius 2 is 1.93 bits per heavy atom. The molecule has 0 saturated heterocycles. The van der Waals surface area contributed by atoms with Crippen molar-refractivity contribution >= 4 is 17.4 Å². The molecule has 0 saturated carbocycles. The van der Waals surface area contributed by atoms with E-state index in [1.807, 2.05) is 31.2 Å². The second kappa shape index (κ2) is 8.96. The number of benzene rings is 1. The fourth-order valence-electron chi connectivity index (χ4n) is 2.74. The van der Waals surface area contributed by atoms with E-state index < -0.39 is 0 Å². The molecule has 0 radical (unpaired) electrons. The molecule has 0 aliphatic carbocycles. The van der Waals surface area contributed by atoms with E-state index in [1.54, 1.807) is 24.5 Å². The number of ketones is 1. The molecule has 2 N–H and O–H groups in total. The molecule has 2 aromatic heterocycles. The monoisotopic (exact) mass is 375 g/mol. The maximum absolute atomic E-state index is 12.3. The van der Waals surface area contributed by atoms with Gasteiger partial charge in [-0.05, 0) is 24.6 Å². The van der Waals surface area contributed by atoms with Crippen molar-refractivity contribution < 1.29 is 9.59 Å². The molecule has 3 aromatic rings. The van der Waals surface area contributed by atoms with Crippen molar-refractivity contribution in [1.29, 1.82) is 0 Å². The summed E-state index contributed by atoms with van der Waals surface area (Å²) in [5.41, 5.74) is 4.35. The van der Waals surface area contributed by atoms with Crippen molar-refractivity contribution in [3.63, 3.8) is 0 Å². The quantitative estimate of drug-likeness (QED) is 0.617. The minimum atomic E-state index is -0.264. The van der Waals surface area contributed by atoms with Crippen LogP contribution in [0.15, 0.2) is 55.1 Å². The van der Waals surface area contributed by atoms with Crippen LogP contribution in [0.1, 0.15) is 28.7 Å². The van der Waals surface area contributed by atoms with E-state index in [-0.39, 0.29) is 23.9 Å². The average molecular weight is 375 g/mol. The van der Waals surface area contributed by atoms with Crippen molar-refractivity contribution in [3.05, 3.63) is 72.1 Å². The number of hydrogen-bond donors (Lipinski definition) is 2. The highest BCUT2D eigenvalue weighted by molar-refractivity contribution is 6.03. The Hall–Kier alpha value is -3.45. The zero-order chi connectivity index (χ0) is 19.9. The van der Waals surface area contributed by atoms with Gasteiger partial charge in [0.25, 0.3) is 0 Å². The molecule has 142 valence electrons. The van der Waals surface area contributed by atoms with Gasteiger partial charge in [0.05, 0.1) is 17.9 Å². The van der Waals surface area contributed by atoms with Crippen LogP contribution in [0.4, 0.5) is 5.69 Å². The number of amides is 1. The summed E-state index contributed by atoms with van der Waals surface area (Å²) in [5.74, 6) is -0.472. The summed E-state index contributed by atoms with van der Waals surface area (Å²) >= 11 is 0. The highest BCUT2D eigenvalue weighted by Crippen LogP contribution is 2.25. The van der Waals surface area contributed by atoms with Crippen LogP contribution in [-0.4, -0.2) is 33.2 Å². The Kier molecular flexibility index (Phi) is 6.18. The maximum Gasteiger partial charge on any atom is 0.238 e. The number of aromatic nitrogens is 3. The third-order valence-electron chi connectivity index (χ3n) is 4.08. The highest BCUT2D eigenvalue weighted by Gasteiger charge is 2.13.